The molecule has 0 aliphatic heterocycles. The molecule has 1 aromatic heterocycles. The summed E-state index contributed by atoms with van der Waals surface area (Å²) in [6.45, 7) is 4.60. The molecule has 0 aliphatic carbocycles. The fourth-order valence-corrected chi connectivity index (χ4v) is 4.07. The van der Waals surface area contributed by atoms with Crippen molar-refractivity contribution in [3.8, 4) is 0 Å². The van der Waals surface area contributed by atoms with E-state index in [1.165, 1.54) is 22.3 Å². The highest BCUT2D eigenvalue weighted by Crippen LogP contribution is 2.19. The van der Waals surface area contributed by atoms with Crippen LogP contribution in [0.1, 0.15) is 28.1 Å². The minimum Gasteiger partial charge on any atom is -0.378 e. The summed E-state index contributed by atoms with van der Waals surface area (Å²) in [6.07, 6.45) is 1.93. The summed E-state index contributed by atoms with van der Waals surface area (Å²) < 4.78 is 1.80. The Balaban J connectivity index is 1.68. The molecule has 4 rings (SSSR count). The van der Waals surface area contributed by atoms with Crippen molar-refractivity contribution >= 4 is 16.6 Å². The van der Waals surface area contributed by atoms with Crippen LogP contribution < -0.4 is 10.5 Å². The van der Waals surface area contributed by atoms with Crippen molar-refractivity contribution in [3.63, 3.8) is 0 Å². The average Bonchev–Trinajstić information content (AvgIpc) is 2.76. The molecule has 0 N–H and O–H groups in total. The smallest absolute Gasteiger partial charge is 0.261 e. The van der Waals surface area contributed by atoms with Crippen LogP contribution in [-0.4, -0.2) is 23.6 Å². The van der Waals surface area contributed by atoms with Crippen LogP contribution in [0.15, 0.2) is 71.5 Å². The third-order valence-electron chi connectivity index (χ3n) is 6.02. The third-order valence-corrected chi connectivity index (χ3v) is 6.02. The molecule has 0 aliphatic rings. The first-order valence-corrected chi connectivity index (χ1v) is 10.7. The molecule has 0 bridgehead atoms. The molecule has 0 radical (unpaired) electrons. The van der Waals surface area contributed by atoms with E-state index < -0.39 is 0 Å². The van der Waals surface area contributed by atoms with Gasteiger partial charge < -0.3 is 4.90 Å². The quantitative estimate of drug-likeness (QED) is 0.452. The second kappa shape index (κ2) is 8.76. The fourth-order valence-electron chi connectivity index (χ4n) is 4.07. The molecule has 158 valence electrons. The number of benzene rings is 3. The van der Waals surface area contributed by atoms with Crippen molar-refractivity contribution in [3.05, 3.63) is 105 Å². The standard InChI is InChI=1S/C27H29N3O/c1-19-9-5-6-10-21(19)13-14-22-11-7-8-12-23(22)18-30-20(2)28-26-16-15-24(29(3)4)17-25(26)27(30)31/h5-12,15-17H,13-14,18H2,1-4H3. The number of aryl methyl sites for hydroxylation is 4. The average molecular weight is 412 g/mol. The van der Waals surface area contributed by atoms with Crippen LogP contribution in [-0.2, 0) is 19.4 Å². The maximum absolute atomic E-state index is 13.4. The summed E-state index contributed by atoms with van der Waals surface area (Å²) in [7, 11) is 3.96. The van der Waals surface area contributed by atoms with Crippen LogP contribution in [0.4, 0.5) is 5.69 Å². The fraction of sp³-hybridized carbons (Fsp3) is 0.259. The van der Waals surface area contributed by atoms with Crippen LogP contribution in [0, 0.1) is 13.8 Å². The monoisotopic (exact) mass is 411 g/mol. The lowest BCUT2D eigenvalue weighted by Gasteiger charge is -2.16. The molecule has 0 amide bonds. The summed E-state index contributed by atoms with van der Waals surface area (Å²) >= 11 is 0. The molecule has 1 heterocycles. The second-order valence-electron chi connectivity index (χ2n) is 8.34. The van der Waals surface area contributed by atoms with Gasteiger partial charge in [0.25, 0.3) is 5.56 Å². The van der Waals surface area contributed by atoms with Gasteiger partial charge >= 0.3 is 0 Å². The first kappa shape index (κ1) is 20.9. The molecule has 0 atom stereocenters. The summed E-state index contributed by atoms with van der Waals surface area (Å²) in [5, 5.41) is 0.661. The van der Waals surface area contributed by atoms with E-state index in [4.69, 9.17) is 4.98 Å². The highest BCUT2D eigenvalue weighted by atomic mass is 16.1. The summed E-state index contributed by atoms with van der Waals surface area (Å²) in [4.78, 5) is 20.1. The molecule has 31 heavy (non-hydrogen) atoms. The number of aromatic nitrogens is 2. The van der Waals surface area contributed by atoms with Gasteiger partial charge in [0.2, 0.25) is 0 Å². The van der Waals surface area contributed by atoms with Gasteiger partial charge in [-0.1, -0.05) is 48.5 Å². The van der Waals surface area contributed by atoms with Crippen molar-refractivity contribution in [2.24, 2.45) is 0 Å². The highest BCUT2D eigenvalue weighted by Gasteiger charge is 2.12. The van der Waals surface area contributed by atoms with E-state index >= 15 is 0 Å². The maximum Gasteiger partial charge on any atom is 0.261 e. The van der Waals surface area contributed by atoms with Gasteiger partial charge in [-0.25, -0.2) is 4.98 Å². The van der Waals surface area contributed by atoms with E-state index in [0.717, 1.165) is 29.9 Å². The van der Waals surface area contributed by atoms with Gasteiger partial charge in [-0.3, -0.25) is 9.36 Å². The molecule has 3 aromatic carbocycles. The van der Waals surface area contributed by atoms with E-state index in [-0.39, 0.29) is 5.56 Å². The van der Waals surface area contributed by atoms with Crippen LogP contribution in [0.5, 0.6) is 0 Å². The van der Waals surface area contributed by atoms with Gasteiger partial charge in [-0.05, 0) is 67.1 Å². The normalized spacial score (nSPS) is 11.1. The van der Waals surface area contributed by atoms with Crippen LogP contribution >= 0.6 is 0 Å². The van der Waals surface area contributed by atoms with Gasteiger partial charge in [0, 0.05) is 19.8 Å². The lowest BCUT2D eigenvalue weighted by Crippen LogP contribution is -2.25. The Bertz CT molecular complexity index is 1290. The number of hydrogen-bond donors (Lipinski definition) is 0. The molecular formula is C27H29N3O. The van der Waals surface area contributed by atoms with E-state index in [9.17, 15) is 4.79 Å². The lowest BCUT2D eigenvalue weighted by atomic mass is 9.97. The van der Waals surface area contributed by atoms with Crippen LogP contribution in [0.3, 0.4) is 0 Å². The highest BCUT2D eigenvalue weighted by molar-refractivity contribution is 5.81. The second-order valence-corrected chi connectivity index (χ2v) is 8.34. The predicted octanol–water partition coefficient (Wildman–Crippen LogP) is 4.91. The molecule has 4 nitrogen and oxygen atoms in total. The number of anilines is 1. The summed E-state index contributed by atoms with van der Waals surface area (Å²) in [6, 6.07) is 22.8. The number of fused-ring (bicyclic) bond motifs is 1. The van der Waals surface area contributed by atoms with Gasteiger partial charge in [0.1, 0.15) is 5.82 Å². The zero-order valence-electron chi connectivity index (χ0n) is 18.7. The van der Waals surface area contributed by atoms with Crippen molar-refractivity contribution in [2.75, 3.05) is 19.0 Å². The molecular weight excluding hydrogens is 382 g/mol. The Labute approximate surface area is 183 Å². The minimum atomic E-state index is 0.0138. The van der Waals surface area contributed by atoms with Gasteiger partial charge in [-0.15, -0.1) is 0 Å². The molecule has 4 aromatic rings. The van der Waals surface area contributed by atoms with Crippen LogP contribution in [0.2, 0.25) is 0 Å². The Morgan fingerprint density at radius 3 is 2.19 bits per heavy atom. The van der Waals surface area contributed by atoms with Gasteiger partial charge in [-0.2, -0.15) is 0 Å². The topological polar surface area (TPSA) is 38.1 Å². The third kappa shape index (κ3) is 4.38. The molecule has 0 saturated carbocycles. The zero-order valence-corrected chi connectivity index (χ0v) is 18.7. The Hall–Kier alpha value is -3.40. The molecule has 0 spiro atoms. The first-order valence-electron chi connectivity index (χ1n) is 10.7. The van der Waals surface area contributed by atoms with Crippen molar-refractivity contribution < 1.29 is 0 Å². The van der Waals surface area contributed by atoms with E-state index in [1.54, 1.807) is 4.57 Å². The zero-order chi connectivity index (χ0) is 22.0. The minimum absolute atomic E-state index is 0.0138. The first-order chi connectivity index (χ1) is 14.9. The largest absolute Gasteiger partial charge is 0.378 e. The van der Waals surface area contributed by atoms with Gasteiger partial charge in [0.05, 0.1) is 17.4 Å². The van der Waals surface area contributed by atoms with E-state index in [2.05, 4.69) is 49.4 Å². The predicted molar refractivity (Wildman–Crippen MR) is 129 cm³/mol. The molecule has 0 fully saturated rings. The van der Waals surface area contributed by atoms with Gasteiger partial charge in [0.15, 0.2) is 0 Å². The van der Waals surface area contributed by atoms with E-state index in [0.29, 0.717) is 11.9 Å². The van der Waals surface area contributed by atoms with E-state index in [1.807, 2.05) is 50.2 Å². The maximum atomic E-state index is 13.4. The van der Waals surface area contributed by atoms with Crippen molar-refractivity contribution in [1.82, 2.24) is 9.55 Å². The number of rotatable bonds is 6. The lowest BCUT2D eigenvalue weighted by molar-refractivity contribution is 0.705. The Kier molecular flexibility index (Phi) is 5.90. The number of hydrogen-bond acceptors (Lipinski definition) is 3. The Morgan fingerprint density at radius 1 is 0.839 bits per heavy atom. The van der Waals surface area contributed by atoms with Crippen molar-refractivity contribution in [2.45, 2.75) is 33.2 Å². The van der Waals surface area contributed by atoms with Crippen LogP contribution in [0.25, 0.3) is 10.9 Å². The van der Waals surface area contributed by atoms with Crippen molar-refractivity contribution in [1.29, 1.82) is 0 Å². The summed E-state index contributed by atoms with van der Waals surface area (Å²) in [5.74, 6) is 0.740. The summed E-state index contributed by atoms with van der Waals surface area (Å²) in [5.41, 5.74) is 6.90. The SMILES string of the molecule is Cc1ccccc1CCc1ccccc1Cn1c(C)nc2ccc(N(C)C)cc2c1=O. The Morgan fingerprint density at radius 2 is 1.48 bits per heavy atom. The molecule has 0 saturated heterocycles. The molecule has 0 unspecified atom stereocenters. The molecule has 4 heteroatoms. The number of nitrogens with zero attached hydrogens (tertiary/aromatic N) is 3.